The molecule has 18 heavy (non-hydrogen) atoms. The summed E-state index contributed by atoms with van der Waals surface area (Å²) in [5.74, 6) is -0.348. The third-order valence-corrected chi connectivity index (χ3v) is 3.84. The minimum absolute atomic E-state index is 0.143. The van der Waals surface area contributed by atoms with Crippen LogP contribution in [0.1, 0.15) is 39.0 Å². The number of amides is 1. The number of hydrogen-bond donors (Lipinski definition) is 2. The molecule has 1 aliphatic rings. The van der Waals surface area contributed by atoms with Crippen molar-refractivity contribution in [2.75, 3.05) is 20.3 Å². The molecule has 104 valence electrons. The van der Waals surface area contributed by atoms with Crippen LogP contribution in [0.5, 0.6) is 0 Å². The van der Waals surface area contributed by atoms with Gasteiger partial charge in [0.05, 0.1) is 12.0 Å². The Morgan fingerprint density at radius 3 is 2.50 bits per heavy atom. The highest BCUT2D eigenvalue weighted by atomic mass is 16.5. The third-order valence-electron chi connectivity index (χ3n) is 3.84. The summed E-state index contributed by atoms with van der Waals surface area (Å²) in [6.07, 6.45) is 3.41. The highest BCUT2D eigenvalue weighted by Gasteiger charge is 2.41. The molecule has 1 fully saturated rings. The highest BCUT2D eigenvalue weighted by molar-refractivity contribution is 5.79. The fourth-order valence-electron chi connectivity index (χ4n) is 2.33. The number of ether oxygens (including phenoxy) is 1. The number of carbonyl (C=O) groups is 2. The third kappa shape index (κ3) is 3.98. The van der Waals surface area contributed by atoms with Crippen molar-refractivity contribution in [3.63, 3.8) is 0 Å². The Balaban J connectivity index is 2.48. The zero-order chi connectivity index (χ0) is 13.6. The average Bonchev–Trinajstić information content (AvgIpc) is 2.35. The first-order valence-electron chi connectivity index (χ1n) is 6.49. The number of nitrogens with one attached hydrogen (secondary N) is 1. The van der Waals surface area contributed by atoms with Gasteiger partial charge in [-0.3, -0.25) is 9.59 Å². The minimum atomic E-state index is -0.790. The monoisotopic (exact) mass is 257 g/mol. The lowest BCUT2D eigenvalue weighted by Crippen LogP contribution is -2.45. The van der Waals surface area contributed by atoms with E-state index >= 15 is 0 Å². The molecule has 1 amide bonds. The summed E-state index contributed by atoms with van der Waals surface area (Å²) in [5, 5.41) is 12.1. The molecule has 0 aromatic carbocycles. The largest absolute Gasteiger partial charge is 0.481 e. The van der Waals surface area contributed by atoms with Gasteiger partial charge in [-0.2, -0.15) is 0 Å². The Kier molecular flexibility index (Phi) is 5.59. The lowest BCUT2D eigenvalue weighted by atomic mass is 9.71. The van der Waals surface area contributed by atoms with E-state index in [-0.39, 0.29) is 18.9 Å². The van der Waals surface area contributed by atoms with Gasteiger partial charge in [0.2, 0.25) is 5.91 Å². The van der Waals surface area contributed by atoms with Gasteiger partial charge in [0.1, 0.15) is 0 Å². The van der Waals surface area contributed by atoms with Gasteiger partial charge < -0.3 is 15.2 Å². The Morgan fingerprint density at radius 2 is 2.00 bits per heavy atom. The van der Waals surface area contributed by atoms with Gasteiger partial charge in [0, 0.05) is 20.1 Å². The van der Waals surface area contributed by atoms with Crippen LogP contribution in [0.2, 0.25) is 0 Å². The fraction of sp³-hybridized carbons (Fsp3) is 0.846. The molecule has 0 saturated heterocycles. The lowest BCUT2D eigenvalue weighted by Gasteiger charge is -2.35. The molecule has 0 bridgehead atoms. The van der Waals surface area contributed by atoms with Crippen molar-refractivity contribution in [2.45, 2.75) is 39.0 Å². The van der Waals surface area contributed by atoms with Crippen molar-refractivity contribution in [3.8, 4) is 0 Å². The first-order chi connectivity index (χ1) is 8.50. The number of carboxylic acid groups (broad SMARTS) is 1. The van der Waals surface area contributed by atoms with Crippen LogP contribution in [0.15, 0.2) is 0 Å². The molecule has 1 saturated carbocycles. The summed E-state index contributed by atoms with van der Waals surface area (Å²) in [4.78, 5) is 22.9. The standard InChI is InChI=1S/C13H23NO4/c1-10-3-6-13(7-4-10,12(16)17)9-14-11(15)5-8-18-2/h10H,3-9H2,1-2H3,(H,14,15)(H,16,17). The van der Waals surface area contributed by atoms with Crippen LogP contribution in [0.4, 0.5) is 0 Å². The zero-order valence-corrected chi connectivity index (χ0v) is 11.2. The molecule has 0 aromatic rings. The first kappa shape index (κ1) is 15.0. The highest BCUT2D eigenvalue weighted by Crippen LogP contribution is 2.38. The summed E-state index contributed by atoms with van der Waals surface area (Å²) >= 11 is 0. The molecular weight excluding hydrogens is 234 g/mol. The number of methoxy groups -OCH3 is 1. The predicted octanol–water partition coefficient (Wildman–Crippen LogP) is 1.42. The Labute approximate surface area is 108 Å². The average molecular weight is 257 g/mol. The van der Waals surface area contributed by atoms with E-state index in [0.29, 0.717) is 25.4 Å². The normalized spacial score (nSPS) is 27.8. The molecule has 0 atom stereocenters. The van der Waals surface area contributed by atoms with Crippen molar-refractivity contribution < 1.29 is 19.4 Å². The van der Waals surface area contributed by atoms with E-state index < -0.39 is 11.4 Å². The second-order valence-electron chi connectivity index (χ2n) is 5.29. The topological polar surface area (TPSA) is 75.6 Å². The molecule has 1 aliphatic carbocycles. The van der Waals surface area contributed by atoms with Gasteiger partial charge in [-0.25, -0.2) is 0 Å². The van der Waals surface area contributed by atoms with E-state index in [0.717, 1.165) is 12.8 Å². The van der Waals surface area contributed by atoms with Crippen molar-refractivity contribution in [3.05, 3.63) is 0 Å². The van der Waals surface area contributed by atoms with E-state index in [1.165, 1.54) is 7.11 Å². The maximum absolute atomic E-state index is 11.5. The van der Waals surface area contributed by atoms with Crippen LogP contribution in [0.25, 0.3) is 0 Å². The summed E-state index contributed by atoms with van der Waals surface area (Å²) < 4.78 is 4.81. The summed E-state index contributed by atoms with van der Waals surface area (Å²) in [7, 11) is 1.54. The molecular formula is C13H23NO4. The molecule has 0 radical (unpaired) electrons. The maximum atomic E-state index is 11.5. The van der Waals surface area contributed by atoms with Crippen molar-refractivity contribution in [2.24, 2.45) is 11.3 Å². The molecule has 0 unspecified atom stereocenters. The van der Waals surface area contributed by atoms with Gasteiger partial charge in [-0.05, 0) is 31.6 Å². The van der Waals surface area contributed by atoms with E-state index in [1.807, 2.05) is 0 Å². The second kappa shape index (κ2) is 6.73. The van der Waals surface area contributed by atoms with Gasteiger partial charge in [-0.15, -0.1) is 0 Å². The summed E-state index contributed by atoms with van der Waals surface area (Å²) in [5.41, 5.74) is -0.769. The molecule has 0 aliphatic heterocycles. The quantitative estimate of drug-likeness (QED) is 0.754. The number of aliphatic carboxylic acids is 1. The van der Waals surface area contributed by atoms with Gasteiger partial charge >= 0.3 is 5.97 Å². The van der Waals surface area contributed by atoms with E-state index in [1.54, 1.807) is 0 Å². The van der Waals surface area contributed by atoms with Crippen LogP contribution < -0.4 is 5.32 Å². The SMILES string of the molecule is COCCC(=O)NCC1(C(=O)O)CCC(C)CC1. The van der Waals surface area contributed by atoms with Crippen molar-refractivity contribution >= 4 is 11.9 Å². The number of hydrogen-bond acceptors (Lipinski definition) is 3. The van der Waals surface area contributed by atoms with Crippen LogP contribution in [-0.4, -0.2) is 37.2 Å². The van der Waals surface area contributed by atoms with Gasteiger partial charge in [0.15, 0.2) is 0 Å². The van der Waals surface area contributed by atoms with Crippen LogP contribution in [-0.2, 0) is 14.3 Å². The Hall–Kier alpha value is -1.10. The minimum Gasteiger partial charge on any atom is -0.481 e. The number of carbonyl (C=O) groups excluding carboxylic acids is 1. The maximum Gasteiger partial charge on any atom is 0.311 e. The van der Waals surface area contributed by atoms with Gasteiger partial charge in [-0.1, -0.05) is 6.92 Å². The second-order valence-corrected chi connectivity index (χ2v) is 5.29. The smallest absolute Gasteiger partial charge is 0.311 e. The summed E-state index contributed by atoms with van der Waals surface area (Å²) in [6, 6.07) is 0. The first-order valence-corrected chi connectivity index (χ1v) is 6.49. The molecule has 1 rings (SSSR count). The molecule has 2 N–H and O–H groups in total. The van der Waals surface area contributed by atoms with Crippen LogP contribution >= 0.6 is 0 Å². The van der Waals surface area contributed by atoms with Crippen molar-refractivity contribution in [1.82, 2.24) is 5.32 Å². The molecule has 0 heterocycles. The van der Waals surface area contributed by atoms with Crippen LogP contribution in [0, 0.1) is 11.3 Å². The molecule has 5 heteroatoms. The van der Waals surface area contributed by atoms with E-state index in [9.17, 15) is 14.7 Å². The van der Waals surface area contributed by atoms with Crippen molar-refractivity contribution in [1.29, 1.82) is 0 Å². The number of carboxylic acids is 1. The van der Waals surface area contributed by atoms with Crippen LogP contribution in [0.3, 0.4) is 0 Å². The van der Waals surface area contributed by atoms with E-state index in [4.69, 9.17) is 4.74 Å². The lowest BCUT2D eigenvalue weighted by molar-refractivity contribution is -0.151. The predicted molar refractivity (Wildman–Crippen MR) is 67.2 cm³/mol. The Morgan fingerprint density at radius 1 is 1.39 bits per heavy atom. The molecule has 0 spiro atoms. The molecule has 0 aromatic heterocycles. The summed E-state index contributed by atoms with van der Waals surface area (Å²) in [6.45, 7) is 2.74. The zero-order valence-electron chi connectivity index (χ0n) is 11.2. The van der Waals surface area contributed by atoms with E-state index in [2.05, 4.69) is 12.2 Å². The Bertz CT molecular complexity index is 295. The number of rotatable bonds is 6. The van der Waals surface area contributed by atoms with Gasteiger partial charge in [0.25, 0.3) is 0 Å². The molecule has 5 nitrogen and oxygen atoms in total. The fourth-order valence-corrected chi connectivity index (χ4v) is 2.33.